The van der Waals surface area contributed by atoms with Crippen molar-refractivity contribution in [3.05, 3.63) is 58.2 Å². The number of esters is 1. The number of alkyl halides is 3. The molecule has 0 saturated heterocycles. The number of rotatable bonds is 4. The molecule has 0 fully saturated rings. The molecule has 0 atom stereocenters. The van der Waals surface area contributed by atoms with Crippen molar-refractivity contribution in [2.45, 2.75) is 13.1 Å². The zero-order chi connectivity index (χ0) is 18.6. The summed E-state index contributed by atoms with van der Waals surface area (Å²) in [5.41, 5.74) is 0.0829. The van der Waals surface area contributed by atoms with E-state index in [-0.39, 0.29) is 16.4 Å². The first-order valence-electron chi connectivity index (χ1n) is 6.93. The molecule has 1 amide bonds. The molecule has 1 aromatic carbocycles. The molecule has 0 radical (unpaired) electrons. The fourth-order valence-corrected chi connectivity index (χ4v) is 2.05. The fraction of sp³-hybridized carbons (Fsp3) is 0.188. The zero-order valence-corrected chi connectivity index (χ0v) is 13.6. The molecule has 0 bridgehead atoms. The van der Waals surface area contributed by atoms with Crippen molar-refractivity contribution < 1.29 is 27.5 Å². The predicted molar refractivity (Wildman–Crippen MR) is 84.3 cm³/mol. The van der Waals surface area contributed by atoms with Gasteiger partial charge in [0, 0.05) is 6.20 Å². The van der Waals surface area contributed by atoms with E-state index in [0.717, 1.165) is 5.56 Å². The van der Waals surface area contributed by atoms with Crippen LogP contribution in [-0.2, 0) is 15.7 Å². The third-order valence-electron chi connectivity index (χ3n) is 3.01. The summed E-state index contributed by atoms with van der Waals surface area (Å²) in [5, 5.41) is 1.80. The van der Waals surface area contributed by atoms with Crippen molar-refractivity contribution in [1.82, 2.24) is 4.98 Å². The Morgan fingerprint density at radius 1 is 1.28 bits per heavy atom. The summed E-state index contributed by atoms with van der Waals surface area (Å²) in [6.07, 6.45) is -4.05. The van der Waals surface area contributed by atoms with E-state index in [0.29, 0.717) is 12.3 Å². The van der Waals surface area contributed by atoms with Crippen LogP contribution in [0, 0.1) is 6.92 Å². The highest BCUT2D eigenvalue weighted by Gasteiger charge is 2.31. The van der Waals surface area contributed by atoms with E-state index >= 15 is 0 Å². The van der Waals surface area contributed by atoms with E-state index in [9.17, 15) is 22.8 Å². The van der Waals surface area contributed by atoms with Crippen molar-refractivity contribution in [3.63, 3.8) is 0 Å². The highest BCUT2D eigenvalue weighted by molar-refractivity contribution is 6.33. The lowest BCUT2D eigenvalue weighted by Gasteiger charge is -2.10. The lowest BCUT2D eigenvalue weighted by molar-refractivity contribution is -0.137. The number of aryl methyl sites for hydroxylation is 1. The van der Waals surface area contributed by atoms with Crippen molar-refractivity contribution in [1.29, 1.82) is 0 Å². The average Bonchev–Trinajstić information content (AvgIpc) is 2.53. The first-order chi connectivity index (χ1) is 11.7. The van der Waals surface area contributed by atoms with Crippen LogP contribution in [0.1, 0.15) is 21.5 Å². The van der Waals surface area contributed by atoms with Gasteiger partial charge in [-0.05, 0) is 25.1 Å². The van der Waals surface area contributed by atoms with Gasteiger partial charge in [0.15, 0.2) is 12.4 Å². The molecule has 1 N–H and O–H groups in total. The summed E-state index contributed by atoms with van der Waals surface area (Å²) < 4.78 is 42.4. The molecule has 9 heteroatoms. The molecule has 5 nitrogen and oxygen atoms in total. The van der Waals surface area contributed by atoms with E-state index in [1.165, 1.54) is 6.07 Å². The standard InChI is InChI=1S/C16H12ClF3N2O3/c1-9-3-2-4-10(5-9)15(24)25-8-13(23)22-14-12(17)6-11(7-21-14)16(18,19)20/h2-7H,8H2,1H3,(H,21,22,23). The summed E-state index contributed by atoms with van der Waals surface area (Å²) in [5.74, 6) is -1.74. The summed E-state index contributed by atoms with van der Waals surface area (Å²) in [6, 6.07) is 7.22. The SMILES string of the molecule is Cc1cccc(C(=O)OCC(=O)Nc2ncc(C(F)(F)F)cc2Cl)c1. The van der Waals surface area contributed by atoms with Gasteiger partial charge in [0.1, 0.15) is 0 Å². The van der Waals surface area contributed by atoms with Crippen LogP contribution in [0.5, 0.6) is 0 Å². The molecule has 0 aliphatic heterocycles. The van der Waals surface area contributed by atoms with Crippen LogP contribution in [0.3, 0.4) is 0 Å². The smallest absolute Gasteiger partial charge is 0.417 e. The number of pyridine rings is 1. The van der Waals surface area contributed by atoms with E-state index in [1.54, 1.807) is 25.1 Å². The van der Waals surface area contributed by atoms with Gasteiger partial charge < -0.3 is 10.1 Å². The van der Waals surface area contributed by atoms with Gasteiger partial charge in [-0.2, -0.15) is 13.2 Å². The normalized spacial score (nSPS) is 11.1. The number of aromatic nitrogens is 1. The number of hydrogen-bond acceptors (Lipinski definition) is 4. The minimum atomic E-state index is -4.59. The molecule has 1 heterocycles. The molecular weight excluding hydrogens is 361 g/mol. The monoisotopic (exact) mass is 372 g/mol. The average molecular weight is 373 g/mol. The quantitative estimate of drug-likeness (QED) is 0.827. The van der Waals surface area contributed by atoms with Crippen molar-refractivity contribution in [2.75, 3.05) is 11.9 Å². The molecule has 1 aromatic heterocycles. The van der Waals surface area contributed by atoms with E-state index < -0.39 is 30.2 Å². The molecule has 0 saturated carbocycles. The Labute approximate surface area is 145 Å². The number of carbonyl (C=O) groups excluding carboxylic acids is 2. The Morgan fingerprint density at radius 2 is 2.00 bits per heavy atom. The first kappa shape index (κ1) is 18.7. The van der Waals surface area contributed by atoms with Crippen LogP contribution < -0.4 is 5.32 Å². The fourth-order valence-electron chi connectivity index (χ4n) is 1.84. The molecule has 0 aliphatic rings. The number of carbonyl (C=O) groups is 2. The van der Waals surface area contributed by atoms with Gasteiger partial charge in [-0.3, -0.25) is 4.79 Å². The molecular formula is C16H12ClF3N2O3. The maximum atomic E-state index is 12.5. The minimum absolute atomic E-state index is 0.258. The molecule has 0 aliphatic carbocycles. The number of benzene rings is 1. The molecule has 0 spiro atoms. The van der Waals surface area contributed by atoms with Crippen LogP contribution in [-0.4, -0.2) is 23.5 Å². The second kappa shape index (κ2) is 7.52. The van der Waals surface area contributed by atoms with E-state index in [2.05, 4.69) is 10.3 Å². The van der Waals surface area contributed by atoms with E-state index in [4.69, 9.17) is 16.3 Å². The van der Waals surface area contributed by atoms with Gasteiger partial charge in [-0.15, -0.1) is 0 Å². The molecule has 2 rings (SSSR count). The minimum Gasteiger partial charge on any atom is -0.452 e. The summed E-state index contributed by atoms with van der Waals surface area (Å²) in [7, 11) is 0. The van der Waals surface area contributed by atoms with Crippen molar-refractivity contribution in [3.8, 4) is 0 Å². The highest BCUT2D eigenvalue weighted by atomic mass is 35.5. The second-order valence-corrected chi connectivity index (χ2v) is 5.45. The van der Waals surface area contributed by atoms with Crippen LogP contribution >= 0.6 is 11.6 Å². The summed E-state index contributed by atoms with van der Waals surface area (Å²) in [6.45, 7) is 1.16. The Morgan fingerprint density at radius 3 is 2.60 bits per heavy atom. The van der Waals surface area contributed by atoms with Crippen LogP contribution in [0.25, 0.3) is 0 Å². The number of ether oxygens (including phenoxy) is 1. The highest BCUT2D eigenvalue weighted by Crippen LogP contribution is 2.32. The first-order valence-corrected chi connectivity index (χ1v) is 7.31. The zero-order valence-electron chi connectivity index (χ0n) is 12.9. The van der Waals surface area contributed by atoms with Gasteiger partial charge in [-0.1, -0.05) is 29.3 Å². The summed E-state index contributed by atoms with van der Waals surface area (Å²) >= 11 is 5.67. The number of halogens is 4. The number of nitrogens with zero attached hydrogens (tertiary/aromatic N) is 1. The van der Waals surface area contributed by atoms with Gasteiger partial charge in [0.05, 0.1) is 16.1 Å². The maximum Gasteiger partial charge on any atom is 0.417 e. The third kappa shape index (κ3) is 5.18. The van der Waals surface area contributed by atoms with Gasteiger partial charge in [0.25, 0.3) is 5.91 Å². The molecule has 2 aromatic rings. The topological polar surface area (TPSA) is 68.3 Å². The van der Waals surface area contributed by atoms with Gasteiger partial charge in [0.2, 0.25) is 0 Å². The maximum absolute atomic E-state index is 12.5. The Bertz CT molecular complexity index is 809. The Balaban J connectivity index is 1.95. The number of anilines is 1. The van der Waals surface area contributed by atoms with Crippen molar-refractivity contribution in [2.24, 2.45) is 0 Å². The van der Waals surface area contributed by atoms with Crippen LogP contribution in [0.4, 0.5) is 19.0 Å². The Hall–Kier alpha value is -2.61. The molecule has 0 unspecified atom stereocenters. The number of amides is 1. The van der Waals surface area contributed by atoms with Crippen molar-refractivity contribution >= 4 is 29.3 Å². The largest absolute Gasteiger partial charge is 0.452 e. The number of hydrogen-bond donors (Lipinski definition) is 1. The number of nitrogens with one attached hydrogen (secondary N) is 1. The Kier molecular flexibility index (Phi) is 5.63. The van der Waals surface area contributed by atoms with Crippen LogP contribution in [0.2, 0.25) is 5.02 Å². The van der Waals surface area contributed by atoms with E-state index in [1.807, 2.05) is 0 Å². The lowest BCUT2D eigenvalue weighted by atomic mass is 10.1. The molecule has 25 heavy (non-hydrogen) atoms. The lowest BCUT2D eigenvalue weighted by Crippen LogP contribution is -2.22. The molecule has 132 valence electrons. The van der Waals surface area contributed by atoms with Gasteiger partial charge >= 0.3 is 12.1 Å². The van der Waals surface area contributed by atoms with Crippen LogP contribution in [0.15, 0.2) is 36.5 Å². The predicted octanol–water partition coefficient (Wildman–Crippen LogP) is 3.86. The second-order valence-electron chi connectivity index (χ2n) is 5.05. The summed E-state index contributed by atoms with van der Waals surface area (Å²) in [4.78, 5) is 27.0. The van der Waals surface area contributed by atoms with Gasteiger partial charge in [-0.25, -0.2) is 9.78 Å². The third-order valence-corrected chi connectivity index (χ3v) is 3.30.